The number of nitrogens with one attached hydrogen (secondary N) is 2. The fraction of sp³-hybridized carbons (Fsp3) is 0.650. The summed E-state index contributed by atoms with van der Waals surface area (Å²) in [6, 6.07) is 10.4. The number of hydrogen-bond donors (Lipinski definition) is 2. The Labute approximate surface area is 161 Å². The van der Waals surface area contributed by atoms with E-state index in [0.717, 1.165) is 36.5 Å². The average Bonchev–Trinajstić information content (AvgIpc) is 2.69. The highest BCUT2D eigenvalue weighted by Gasteiger charge is 2.19. The lowest BCUT2D eigenvalue weighted by Gasteiger charge is -2.34. The van der Waals surface area contributed by atoms with Crippen LogP contribution in [0.5, 0.6) is 0 Å². The molecule has 1 fully saturated rings. The van der Waals surface area contributed by atoms with Gasteiger partial charge in [0.1, 0.15) is 0 Å². The molecule has 0 amide bonds. The van der Waals surface area contributed by atoms with E-state index in [4.69, 9.17) is 4.99 Å². The van der Waals surface area contributed by atoms with Crippen LogP contribution >= 0.6 is 0 Å². The van der Waals surface area contributed by atoms with Crippen molar-refractivity contribution in [3.05, 3.63) is 30.3 Å². The van der Waals surface area contributed by atoms with Gasteiger partial charge in [-0.1, -0.05) is 31.5 Å². The second-order valence-electron chi connectivity index (χ2n) is 6.64. The number of hydrogen-bond acceptors (Lipinski definition) is 3. The maximum atomic E-state index is 12.3. The summed E-state index contributed by atoms with van der Waals surface area (Å²) >= 11 is 0. The number of nitrogens with zero attached hydrogens (tertiary/aromatic N) is 2. The number of piperidine rings is 1. The van der Waals surface area contributed by atoms with Crippen molar-refractivity contribution in [1.82, 2.24) is 15.5 Å². The van der Waals surface area contributed by atoms with Crippen LogP contribution in [0.1, 0.15) is 39.5 Å². The van der Waals surface area contributed by atoms with E-state index in [1.807, 2.05) is 30.3 Å². The summed E-state index contributed by atoms with van der Waals surface area (Å²) in [5.74, 6) is 1.40. The van der Waals surface area contributed by atoms with Crippen molar-refractivity contribution < 1.29 is 4.21 Å². The second kappa shape index (κ2) is 12.1. The van der Waals surface area contributed by atoms with Crippen molar-refractivity contribution in [2.24, 2.45) is 4.99 Å². The number of benzene rings is 1. The predicted octanol–water partition coefficient (Wildman–Crippen LogP) is 2.61. The summed E-state index contributed by atoms with van der Waals surface area (Å²) in [7, 11) is -0.973. The third kappa shape index (κ3) is 7.08. The molecule has 0 aromatic heterocycles. The Morgan fingerprint density at radius 1 is 1.23 bits per heavy atom. The zero-order valence-corrected chi connectivity index (χ0v) is 17.1. The van der Waals surface area contributed by atoms with Gasteiger partial charge >= 0.3 is 0 Å². The summed E-state index contributed by atoms with van der Waals surface area (Å²) in [6.45, 7) is 8.85. The molecule has 0 saturated carbocycles. The Balaban J connectivity index is 1.76. The third-order valence-corrected chi connectivity index (χ3v) is 6.18. The molecule has 1 heterocycles. The first kappa shape index (κ1) is 20.9. The first-order chi connectivity index (χ1) is 12.7. The topological polar surface area (TPSA) is 56.7 Å². The van der Waals surface area contributed by atoms with Crippen LogP contribution in [-0.4, -0.2) is 59.6 Å². The monoisotopic (exact) mass is 378 g/mol. The van der Waals surface area contributed by atoms with Crippen LogP contribution in [0.15, 0.2) is 40.2 Å². The average molecular weight is 379 g/mol. The second-order valence-corrected chi connectivity index (χ2v) is 8.21. The SMILES string of the molecule is CCNC(=NCCN1CCCCC1CC)NCCS(=O)c1ccccc1. The van der Waals surface area contributed by atoms with E-state index in [2.05, 4.69) is 29.4 Å². The molecule has 0 aliphatic carbocycles. The van der Waals surface area contributed by atoms with Crippen LogP contribution in [0.2, 0.25) is 0 Å². The maximum absolute atomic E-state index is 12.3. The van der Waals surface area contributed by atoms with Crippen LogP contribution in [0, 0.1) is 0 Å². The molecule has 0 radical (unpaired) electrons. The van der Waals surface area contributed by atoms with Crippen LogP contribution in [-0.2, 0) is 10.8 Å². The number of aliphatic imine (C=N–C) groups is 1. The van der Waals surface area contributed by atoms with Crippen molar-refractivity contribution in [3.63, 3.8) is 0 Å². The van der Waals surface area contributed by atoms with Gasteiger partial charge < -0.3 is 10.6 Å². The van der Waals surface area contributed by atoms with Crippen molar-refractivity contribution in [2.45, 2.75) is 50.5 Å². The van der Waals surface area contributed by atoms with Crippen molar-refractivity contribution in [1.29, 1.82) is 0 Å². The van der Waals surface area contributed by atoms with Crippen LogP contribution in [0.25, 0.3) is 0 Å². The highest BCUT2D eigenvalue weighted by atomic mass is 32.2. The molecule has 2 N–H and O–H groups in total. The largest absolute Gasteiger partial charge is 0.357 e. The van der Waals surface area contributed by atoms with E-state index in [9.17, 15) is 4.21 Å². The van der Waals surface area contributed by atoms with Gasteiger partial charge in [0.05, 0.1) is 17.3 Å². The standard InChI is InChI=1S/C20H34N4OS/c1-3-18-10-8-9-15-24(18)16-13-22-20(21-4-2)23-14-17-26(25)19-11-6-5-7-12-19/h5-7,11-12,18H,3-4,8-10,13-17H2,1-2H3,(H2,21,22,23). The highest BCUT2D eigenvalue weighted by Crippen LogP contribution is 2.18. The Bertz CT molecular complexity index is 564. The summed E-state index contributed by atoms with van der Waals surface area (Å²) in [5.41, 5.74) is 0. The third-order valence-electron chi connectivity index (χ3n) is 4.81. The lowest BCUT2D eigenvalue weighted by atomic mass is 10.0. The van der Waals surface area contributed by atoms with E-state index >= 15 is 0 Å². The lowest BCUT2D eigenvalue weighted by molar-refractivity contribution is 0.148. The zero-order chi connectivity index (χ0) is 18.6. The molecule has 26 heavy (non-hydrogen) atoms. The molecule has 1 aliphatic heterocycles. The minimum Gasteiger partial charge on any atom is -0.357 e. The molecule has 1 aromatic carbocycles. The molecule has 2 rings (SSSR count). The van der Waals surface area contributed by atoms with Gasteiger partial charge in [-0.2, -0.15) is 0 Å². The normalized spacial score (nSPS) is 19.9. The molecule has 5 nitrogen and oxygen atoms in total. The van der Waals surface area contributed by atoms with Gasteiger partial charge in [-0.15, -0.1) is 0 Å². The smallest absolute Gasteiger partial charge is 0.191 e. The molecule has 2 unspecified atom stereocenters. The van der Waals surface area contributed by atoms with E-state index in [-0.39, 0.29) is 0 Å². The van der Waals surface area contributed by atoms with Crippen molar-refractivity contribution in [2.75, 3.05) is 38.5 Å². The Morgan fingerprint density at radius 3 is 2.77 bits per heavy atom. The van der Waals surface area contributed by atoms with Gasteiger partial charge in [-0.25, -0.2) is 0 Å². The summed E-state index contributed by atoms with van der Waals surface area (Å²) in [6.07, 6.45) is 5.22. The van der Waals surface area contributed by atoms with Crippen LogP contribution in [0.4, 0.5) is 0 Å². The Kier molecular flexibility index (Phi) is 9.71. The lowest BCUT2D eigenvalue weighted by Crippen LogP contribution is -2.42. The molecule has 1 aromatic rings. The van der Waals surface area contributed by atoms with E-state index < -0.39 is 10.8 Å². The summed E-state index contributed by atoms with van der Waals surface area (Å²) in [5, 5.41) is 6.59. The number of guanidine groups is 1. The van der Waals surface area contributed by atoms with Gasteiger partial charge in [0, 0.05) is 36.3 Å². The fourth-order valence-electron chi connectivity index (χ4n) is 3.40. The van der Waals surface area contributed by atoms with Gasteiger partial charge in [-0.05, 0) is 44.9 Å². The molecule has 1 aliphatic rings. The molecular weight excluding hydrogens is 344 g/mol. The fourth-order valence-corrected chi connectivity index (χ4v) is 4.38. The number of likely N-dealkylation sites (tertiary alicyclic amines) is 1. The maximum Gasteiger partial charge on any atom is 0.191 e. The van der Waals surface area contributed by atoms with Crippen LogP contribution in [0.3, 0.4) is 0 Å². The first-order valence-corrected chi connectivity index (χ1v) is 11.3. The van der Waals surface area contributed by atoms with Crippen LogP contribution < -0.4 is 10.6 Å². The van der Waals surface area contributed by atoms with Gasteiger partial charge in [0.25, 0.3) is 0 Å². The van der Waals surface area contributed by atoms with Gasteiger partial charge in [-0.3, -0.25) is 14.1 Å². The van der Waals surface area contributed by atoms with Gasteiger partial charge in [0.15, 0.2) is 5.96 Å². The molecule has 1 saturated heterocycles. The van der Waals surface area contributed by atoms with Gasteiger partial charge in [0.2, 0.25) is 0 Å². The molecular formula is C20H34N4OS. The Morgan fingerprint density at radius 2 is 2.04 bits per heavy atom. The number of rotatable bonds is 9. The quantitative estimate of drug-likeness (QED) is 0.512. The predicted molar refractivity (Wildman–Crippen MR) is 111 cm³/mol. The van der Waals surface area contributed by atoms with Crippen molar-refractivity contribution in [3.8, 4) is 0 Å². The summed E-state index contributed by atoms with van der Waals surface area (Å²) in [4.78, 5) is 8.17. The highest BCUT2D eigenvalue weighted by molar-refractivity contribution is 7.85. The van der Waals surface area contributed by atoms with E-state index in [1.165, 1.54) is 32.2 Å². The molecule has 0 spiro atoms. The molecule has 146 valence electrons. The molecule has 6 heteroatoms. The minimum atomic E-state index is -0.973. The van der Waals surface area contributed by atoms with E-state index in [1.54, 1.807) is 0 Å². The first-order valence-electron chi connectivity index (χ1n) is 9.94. The Hall–Kier alpha value is -1.40. The summed E-state index contributed by atoms with van der Waals surface area (Å²) < 4.78 is 12.3. The van der Waals surface area contributed by atoms with Crippen molar-refractivity contribution >= 4 is 16.8 Å². The van der Waals surface area contributed by atoms with E-state index in [0.29, 0.717) is 12.3 Å². The minimum absolute atomic E-state index is 0.582. The molecule has 0 bridgehead atoms. The zero-order valence-electron chi connectivity index (χ0n) is 16.2. The molecule has 2 atom stereocenters.